The Labute approximate surface area is 143 Å². The van der Waals surface area contributed by atoms with Crippen molar-refractivity contribution in [2.45, 2.75) is 45.6 Å². The molecule has 0 radical (unpaired) electrons. The van der Waals surface area contributed by atoms with Crippen LogP contribution in [0.3, 0.4) is 0 Å². The molecule has 1 fully saturated rings. The molecular weight excluding hydrogens is 300 g/mol. The van der Waals surface area contributed by atoms with E-state index in [2.05, 4.69) is 4.57 Å². The number of rotatable bonds is 5. The second-order valence-corrected chi connectivity index (χ2v) is 6.71. The van der Waals surface area contributed by atoms with Crippen LogP contribution in [0.4, 0.5) is 0 Å². The third-order valence-corrected chi connectivity index (χ3v) is 5.18. The summed E-state index contributed by atoms with van der Waals surface area (Å²) < 4.78 is 7.78. The fourth-order valence-corrected chi connectivity index (χ4v) is 3.84. The van der Waals surface area contributed by atoms with Crippen LogP contribution in [0, 0.1) is 12.8 Å². The summed E-state index contributed by atoms with van der Waals surface area (Å²) in [4.78, 5) is 11.8. The summed E-state index contributed by atoms with van der Waals surface area (Å²) in [6.07, 6.45) is 6.46. The van der Waals surface area contributed by atoms with Gasteiger partial charge in [0.2, 0.25) is 0 Å². The van der Waals surface area contributed by atoms with E-state index in [4.69, 9.17) is 10.5 Å². The zero-order valence-electron chi connectivity index (χ0n) is 14.5. The van der Waals surface area contributed by atoms with Crippen molar-refractivity contribution in [3.8, 4) is 17.0 Å². The lowest BCUT2D eigenvalue weighted by Crippen LogP contribution is -2.17. The summed E-state index contributed by atoms with van der Waals surface area (Å²) >= 11 is 0. The Kier molecular flexibility index (Phi) is 4.93. The molecule has 0 bridgehead atoms. The Morgan fingerprint density at radius 1 is 1.25 bits per heavy atom. The summed E-state index contributed by atoms with van der Waals surface area (Å²) in [7, 11) is 1.68. The average molecular weight is 326 g/mol. The van der Waals surface area contributed by atoms with Crippen molar-refractivity contribution in [1.82, 2.24) is 4.57 Å². The molecule has 2 aromatic rings. The number of nitrogens with two attached hydrogens (primary N) is 1. The van der Waals surface area contributed by atoms with Crippen LogP contribution in [0.5, 0.6) is 5.75 Å². The number of hydrogen-bond donors (Lipinski definition) is 1. The molecule has 1 saturated carbocycles. The Hall–Kier alpha value is -2.23. The zero-order chi connectivity index (χ0) is 17.1. The summed E-state index contributed by atoms with van der Waals surface area (Å²) in [6, 6.07) is 9.86. The first-order valence-corrected chi connectivity index (χ1v) is 8.75. The lowest BCUT2D eigenvalue weighted by Gasteiger charge is -2.24. The molecule has 4 heteroatoms. The minimum absolute atomic E-state index is 0.369. The summed E-state index contributed by atoms with van der Waals surface area (Å²) in [5.41, 5.74) is 9.18. The van der Waals surface area contributed by atoms with Gasteiger partial charge in [-0.25, -0.2) is 0 Å². The number of carbonyl (C=O) groups is 1. The Bertz CT molecular complexity index is 727. The molecule has 1 aromatic heterocycles. The predicted octanol–water partition coefficient (Wildman–Crippen LogP) is 4.15. The van der Waals surface area contributed by atoms with E-state index in [-0.39, 0.29) is 5.91 Å². The van der Waals surface area contributed by atoms with Crippen LogP contribution in [0.25, 0.3) is 11.3 Å². The van der Waals surface area contributed by atoms with Gasteiger partial charge >= 0.3 is 0 Å². The van der Waals surface area contributed by atoms with Crippen molar-refractivity contribution in [2.24, 2.45) is 11.7 Å². The van der Waals surface area contributed by atoms with Gasteiger partial charge in [0, 0.05) is 17.8 Å². The van der Waals surface area contributed by atoms with Gasteiger partial charge in [0.1, 0.15) is 5.75 Å². The van der Waals surface area contributed by atoms with Crippen LogP contribution in [0.15, 0.2) is 30.3 Å². The topological polar surface area (TPSA) is 57.2 Å². The second-order valence-electron chi connectivity index (χ2n) is 6.71. The van der Waals surface area contributed by atoms with Gasteiger partial charge in [-0.1, -0.05) is 31.4 Å². The molecule has 0 saturated heterocycles. The van der Waals surface area contributed by atoms with Crippen LogP contribution in [0.2, 0.25) is 0 Å². The van der Waals surface area contributed by atoms with E-state index in [0.29, 0.717) is 11.5 Å². The molecule has 0 spiro atoms. The van der Waals surface area contributed by atoms with Crippen LogP contribution < -0.4 is 10.5 Å². The molecular formula is C20H26N2O2. The third-order valence-electron chi connectivity index (χ3n) is 5.18. The summed E-state index contributed by atoms with van der Waals surface area (Å²) in [5.74, 6) is 1.11. The number of amides is 1. The van der Waals surface area contributed by atoms with Gasteiger partial charge in [0.05, 0.1) is 18.4 Å². The maximum atomic E-state index is 11.8. The lowest BCUT2D eigenvalue weighted by molar-refractivity contribution is 0.0999. The van der Waals surface area contributed by atoms with E-state index >= 15 is 0 Å². The quantitative estimate of drug-likeness (QED) is 0.897. The van der Waals surface area contributed by atoms with Crippen LogP contribution >= 0.6 is 0 Å². The third kappa shape index (κ3) is 3.18. The molecule has 1 aliphatic rings. The Morgan fingerprint density at radius 2 is 1.96 bits per heavy atom. The zero-order valence-corrected chi connectivity index (χ0v) is 14.5. The number of hydrogen-bond acceptors (Lipinski definition) is 2. The smallest absolute Gasteiger partial charge is 0.250 e. The van der Waals surface area contributed by atoms with Gasteiger partial charge < -0.3 is 15.0 Å². The van der Waals surface area contributed by atoms with Crippen molar-refractivity contribution in [2.75, 3.05) is 7.11 Å². The monoisotopic (exact) mass is 326 g/mol. The van der Waals surface area contributed by atoms with Gasteiger partial charge in [-0.15, -0.1) is 0 Å². The number of nitrogens with zero attached hydrogens (tertiary/aromatic N) is 1. The van der Waals surface area contributed by atoms with Gasteiger partial charge in [-0.2, -0.15) is 0 Å². The minimum Gasteiger partial charge on any atom is -0.496 e. The first-order valence-electron chi connectivity index (χ1n) is 8.75. The fourth-order valence-electron chi connectivity index (χ4n) is 3.84. The molecule has 3 rings (SSSR count). The second kappa shape index (κ2) is 7.12. The number of methoxy groups -OCH3 is 1. The molecule has 1 amide bonds. The van der Waals surface area contributed by atoms with E-state index < -0.39 is 0 Å². The molecule has 0 atom stereocenters. The van der Waals surface area contributed by atoms with Crippen molar-refractivity contribution in [1.29, 1.82) is 0 Å². The first-order chi connectivity index (χ1) is 11.6. The number of aromatic nitrogens is 1. The largest absolute Gasteiger partial charge is 0.496 e. The van der Waals surface area contributed by atoms with E-state index in [1.165, 1.54) is 32.1 Å². The Balaban J connectivity index is 2.06. The number of para-hydroxylation sites is 1. The average Bonchev–Trinajstić information content (AvgIpc) is 2.93. The molecule has 1 aromatic carbocycles. The molecule has 0 aliphatic heterocycles. The highest BCUT2D eigenvalue weighted by Crippen LogP contribution is 2.35. The first kappa shape index (κ1) is 16.6. The van der Waals surface area contributed by atoms with Crippen molar-refractivity contribution in [3.63, 3.8) is 0 Å². The molecule has 0 unspecified atom stereocenters. The molecule has 24 heavy (non-hydrogen) atoms. The number of ether oxygens (including phenoxy) is 1. The number of primary amides is 1. The normalized spacial score (nSPS) is 15.4. The molecule has 128 valence electrons. The maximum absolute atomic E-state index is 11.8. The van der Waals surface area contributed by atoms with Gasteiger partial charge in [-0.05, 0) is 43.9 Å². The summed E-state index contributed by atoms with van der Waals surface area (Å²) in [6.45, 7) is 2.92. The highest BCUT2D eigenvalue weighted by Gasteiger charge is 2.22. The fraction of sp³-hybridized carbons (Fsp3) is 0.450. The van der Waals surface area contributed by atoms with E-state index in [1.807, 2.05) is 37.3 Å². The van der Waals surface area contributed by atoms with Crippen LogP contribution in [-0.2, 0) is 6.54 Å². The van der Waals surface area contributed by atoms with Crippen molar-refractivity contribution in [3.05, 3.63) is 41.6 Å². The lowest BCUT2D eigenvalue weighted by atomic mass is 9.89. The molecule has 2 N–H and O–H groups in total. The maximum Gasteiger partial charge on any atom is 0.250 e. The van der Waals surface area contributed by atoms with Gasteiger partial charge in [-0.3, -0.25) is 4.79 Å². The molecule has 4 nitrogen and oxygen atoms in total. The number of benzene rings is 1. The van der Waals surface area contributed by atoms with E-state index in [9.17, 15) is 4.79 Å². The van der Waals surface area contributed by atoms with Crippen LogP contribution in [-0.4, -0.2) is 17.6 Å². The minimum atomic E-state index is -0.369. The SMILES string of the molecule is COc1ccccc1-c1cc(C(N)=O)c(C)n1CC1CCCCC1. The Morgan fingerprint density at radius 3 is 2.62 bits per heavy atom. The van der Waals surface area contributed by atoms with Crippen molar-refractivity contribution < 1.29 is 9.53 Å². The predicted molar refractivity (Wildman–Crippen MR) is 96.2 cm³/mol. The highest BCUT2D eigenvalue weighted by atomic mass is 16.5. The summed E-state index contributed by atoms with van der Waals surface area (Å²) in [5, 5.41) is 0. The molecule has 1 aliphatic carbocycles. The number of carbonyl (C=O) groups excluding carboxylic acids is 1. The van der Waals surface area contributed by atoms with Gasteiger partial charge in [0.25, 0.3) is 5.91 Å². The van der Waals surface area contributed by atoms with E-state index in [0.717, 1.165) is 29.2 Å². The van der Waals surface area contributed by atoms with E-state index in [1.54, 1.807) is 7.11 Å². The van der Waals surface area contributed by atoms with Gasteiger partial charge in [0.15, 0.2) is 0 Å². The standard InChI is InChI=1S/C20H26N2O2/c1-14-17(20(21)23)12-18(16-10-6-7-11-19(16)24-2)22(14)13-15-8-4-3-5-9-15/h6-7,10-12,15H,3-5,8-9,13H2,1-2H3,(H2,21,23). The highest BCUT2D eigenvalue weighted by molar-refractivity contribution is 5.96. The van der Waals surface area contributed by atoms with Crippen molar-refractivity contribution >= 4 is 5.91 Å². The molecule has 1 heterocycles. The van der Waals surface area contributed by atoms with Crippen LogP contribution in [0.1, 0.15) is 48.2 Å².